The lowest BCUT2D eigenvalue weighted by atomic mass is 10.1. The van der Waals surface area contributed by atoms with Gasteiger partial charge in [-0.15, -0.1) is 11.3 Å². The molecule has 2 amide bonds. The molecule has 1 aliphatic heterocycles. The number of rotatable bonds is 5. The second-order valence-corrected chi connectivity index (χ2v) is 9.19. The first kappa shape index (κ1) is 21.2. The van der Waals surface area contributed by atoms with Crippen LogP contribution in [0.1, 0.15) is 12.0 Å². The molecular weight excluding hydrogens is 434 g/mol. The fourth-order valence-electron chi connectivity index (χ4n) is 3.99. The lowest BCUT2D eigenvalue weighted by Crippen LogP contribution is -2.28. The summed E-state index contributed by atoms with van der Waals surface area (Å²) in [5.41, 5.74) is 4.69. The second-order valence-electron chi connectivity index (χ2n) is 8.16. The molecule has 0 aliphatic carbocycles. The van der Waals surface area contributed by atoms with E-state index in [9.17, 15) is 9.59 Å². The van der Waals surface area contributed by atoms with Crippen LogP contribution in [0.4, 0.5) is 11.4 Å². The summed E-state index contributed by atoms with van der Waals surface area (Å²) in [6.45, 7) is 2.44. The number of nitrogens with zero attached hydrogens (tertiary/aromatic N) is 2. The molecule has 33 heavy (non-hydrogen) atoms. The number of aryl methyl sites for hydroxylation is 1. The van der Waals surface area contributed by atoms with Crippen LogP contribution in [0.25, 0.3) is 20.8 Å². The summed E-state index contributed by atoms with van der Waals surface area (Å²) in [6.07, 6.45) is 0.196. The molecule has 3 aromatic carbocycles. The van der Waals surface area contributed by atoms with Crippen LogP contribution >= 0.6 is 11.3 Å². The maximum atomic E-state index is 12.8. The van der Waals surface area contributed by atoms with Gasteiger partial charge in [0.15, 0.2) is 0 Å². The Kier molecular flexibility index (Phi) is 5.56. The van der Waals surface area contributed by atoms with E-state index in [4.69, 9.17) is 9.72 Å². The average molecular weight is 458 g/mol. The lowest BCUT2D eigenvalue weighted by molar-refractivity contribution is -0.122. The zero-order chi connectivity index (χ0) is 22.9. The fourth-order valence-corrected chi connectivity index (χ4v) is 5.06. The summed E-state index contributed by atoms with van der Waals surface area (Å²) in [5, 5.41) is 3.90. The number of benzene rings is 3. The minimum atomic E-state index is -0.397. The van der Waals surface area contributed by atoms with E-state index < -0.39 is 5.92 Å². The Balaban J connectivity index is 1.25. The van der Waals surface area contributed by atoms with Crippen molar-refractivity contribution in [3.05, 3.63) is 72.3 Å². The molecule has 1 fully saturated rings. The number of thiazole rings is 1. The molecular formula is C26H23N3O3S. The van der Waals surface area contributed by atoms with Gasteiger partial charge in [0.05, 0.1) is 23.2 Å². The standard InChI is InChI=1S/C26H23N3O3S/c1-16-3-12-22-23(13-16)33-26(28-22)17-4-6-19(7-5-17)27-25(31)18-14-24(30)29(15-18)20-8-10-21(32-2)11-9-20/h3-13,18H,14-15H2,1-2H3,(H,27,31)/t18-/m1/s1. The molecule has 7 heteroatoms. The first-order valence-electron chi connectivity index (χ1n) is 10.7. The van der Waals surface area contributed by atoms with Crippen molar-refractivity contribution < 1.29 is 14.3 Å². The number of aromatic nitrogens is 1. The van der Waals surface area contributed by atoms with Crippen molar-refractivity contribution in [2.75, 3.05) is 23.9 Å². The number of carbonyl (C=O) groups excluding carboxylic acids is 2. The van der Waals surface area contributed by atoms with E-state index in [2.05, 4.69) is 24.4 Å². The van der Waals surface area contributed by atoms with E-state index in [0.717, 1.165) is 32.2 Å². The molecule has 2 heterocycles. The van der Waals surface area contributed by atoms with E-state index in [0.29, 0.717) is 12.2 Å². The third kappa shape index (κ3) is 4.32. The Bertz CT molecular complexity index is 1330. The first-order valence-corrected chi connectivity index (χ1v) is 11.5. The Morgan fingerprint density at radius 1 is 1.09 bits per heavy atom. The number of hydrogen-bond donors (Lipinski definition) is 1. The molecule has 0 saturated carbocycles. The third-order valence-corrected chi connectivity index (χ3v) is 6.89. The van der Waals surface area contributed by atoms with Crippen molar-refractivity contribution in [2.45, 2.75) is 13.3 Å². The number of hydrogen-bond acceptors (Lipinski definition) is 5. The Labute approximate surface area is 195 Å². The summed E-state index contributed by atoms with van der Waals surface area (Å²) in [4.78, 5) is 31.7. The fraction of sp³-hybridized carbons (Fsp3) is 0.192. The predicted octanol–water partition coefficient (Wildman–Crippen LogP) is 5.27. The molecule has 1 atom stereocenters. The second kappa shape index (κ2) is 8.67. The van der Waals surface area contributed by atoms with Gasteiger partial charge < -0.3 is 15.0 Å². The molecule has 5 rings (SSSR count). The maximum absolute atomic E-state index is 12.8. The quantitative estimate of drug-likeness (QED) is 0.443. The molecule has 0 spiro atoms. The minimum absolute atomic E-state index is 0.0539. The van der Waals surface area contributed by atoms with Crippen LogP contribution in [0, 0.1) is 12.8 Å². The van der Waals surface area contributed by atoms with E-state index in [1.807, 2.05) is 54.6 Å². The van der Waals surface area contributed by atoms with Crippen molar-refractivity contribution in [3.8, 4) is 16.3 Å². The van der Waals surface area contributed by atoms with E-state index in [1.54, 1.807) is 23.3 Å². The average Bonchev–Trinajstić information content (AvgIpc) is 3.43. The lowest BCUT2D eigenvalue weighted by Gasteiger charge is -2.17. The van der Waals surface area contributed by atoms with Gasteiger partial charge in [0.1, 0.15) is 10.8 Å². The predicted molar refractivity (Wildman–Crippen MR) is 132 cm³/mol. The summed E-state index contributed by atoms with van der Waals surface area (Å²) < 4.78 is 6.33. The Morgan fingerprint density at radius 3 is 2.58 bits per heavy atom. The van der Waals surface area contributed by atoms with E-state index >= 15 is 0 Å². The van der Waals surface area contributed by atoms with Crippen LogP contribution in [0.5, 0.6) is 5.75 Å². The number of amides is 2. The summed E-state index contributed by atoms with van der Waals surface area (Å²) in [6, 6.07) is 21.2. The highest BCUT2D eigenvalue weighted by Gasteiger charge is 2.35. The van der Waals surface area contributed by atoms with Crippen LogP contribution < -0.4 is 15.0 Å². The molecule has 166 valence electrons. The minimum Gasteiger partial charge on any atom is -0.497 e. The van der Waals surface area contributed by atoms with Gasteiger partial charge >= 0.3 is 0 Å². The van der Waals surface area contributed by atoms with Crippen molar-refractivity contribution in [3.63, 3.8) is 0 Å². The van der Waals surface area contributed by atoms with Crippen LogP contribution in [0.2, 0.25) is 0 Å². The normalized spacial score (nSPS) is 15.8. The van der Waals surface area contributed by atoms with Gasteiger partial charge in [0, 0.05) is 29.9 Å². The highest BCUT2D eigenvalue weighted by molar-refractivity contribution is 7.21. The monoisotopic (exact) mass is 457 g/mol. The first-order chi connectivity index (χ1) is 16.0. The van der Waals surface area contributed by atoms with Crippen LogP contribution in [0.3, 0.4) is 0 Å². The molecule has 0 radical (unpaired) electrons. The number of nitrogens with one attached hydrogen (secondary N) is 1. The highest BCUT2D eigenvalue weighted by Crippen LogP contribution is 2.32. The number of ether oxygens (including phenoxy) is 1. The SMILES string of the molecule is COc1ccc(N2C[C@H](C(=O)Nc3ccc(-c4nc5ccc(C)cc5s4)cc3)CC2=O)cc1. The topological polar surface area (TPSA) is 71.5 Å². The molecule has 1 saturated heterocycles. The van der Waals surface area contributed by atoms with Gasteiger partial charge in [-0.1, -0.05) is 6.07 Å². The van der Waals surface area contributed by atoms with Crippen molar-refractivity contribution in [1.82, 2.24) is 4.98 Å². The zero-order valence-corrected chi connectivity index (χ0v) is 19.2. The van der Waals surface area contributed by atoms with Gasteiger partial charge in [0.25, 0.3) is 0 Å². The van der Waals surface area contributed by atoms with Gasteiger partial charge in [-0.2, -0.15) is 0 Å². The van der Waals surface area contributed by atoms with E-state index in [-0.39, 0.29) is 18.2 Å². The number of methoxy groups -OCH3 is 1. The summed E-state index contributed by atoms with van der Waals surface area (Å²) in [7, 11) is 1.60. The van der Waals surface area contributed by atoms with Gasteiger partial charge in [-0.25, -0.2) is 4.98 Å². The van der Waals surface area contributed by atoms with Crippen LogP contribution in [0.15, 0.2) is 66.7 Å². The Hall–Kier alpha value is -3.71. The number of fused-ring (bicyclic) bond motifs is 1. The van der Waals surface area contributed by atoms with Gasteiger partial charge in [0.2, 0.25) is 11.8 Å². The summed E-state index contributed by atoms with van der Waals surface area (Å²) in [5.74, 6) is 0.125. The third-order valence-electron chi connectivity index (χ3n) is 5.82. The summed E-state index contributed by atoms with van der Waals surface area (Å²) >= 11 is 1.66. The van der Waals surface area contributed by atoms with Crippen LogP contribution in [-0.4, -0.2) is 30.5 Å². The molecule has 1 N–H and O–H groups in total. The molecule has 1 aromatic heterocycles. The number of anilines is 2. The largest absolute Gasteiger partial charge is 0.497 e. The van der Waals surface area contributed by atoms with E-state index in [1.165, 1.54) is 5.56 Å². The molecule has 6 nitrogen and oxygen atoms in total. The van der Waals surface area contributed by atoms with Crippen LogP contribution in [-0.2, 0) is 9.59 Å². The zero-order valence-electron chi connectivity index (χ0n) is 18.4. The molecule has 0 bridgehead atoms. The number of carbonyl (C=O) groups is 2. The molecule has 1 aliphatic rings. The van der Waals surface area contributed by atoms with Gasteiger partial charge in [-0.05, 0) is 73.2 Å². The maximum Gasteiger partial charge on any atom is 0.229 e. The van der Waals surface area contributed by atoms with Crippen molar-refractivity contribution >= 4 is 44.7 Å². The molecule has 4 aromatic rings. The van der Waals surface area contributed by atoms with Crippen molar-refractivity contribution in [1.29, 1.82) is 0 Å². The Morgan fingerprint density at radius 2 is 1.85 bits per heavy atom. The highest BCUT2D eigenvalue weighted by atomic mass is 32.1. The molecule has 0 unspecified atom stereocenters. The van der Waals surface area contributed by atoms with Gasteiger partial charge in [-0.3, -0.25) is 9.59 Å². The smallest absolute Gasteiger partial charge is 0.229 e. The van der Waals surface area contributed by atoms with Crippen molar-refractivity contribution in [2.24, 2.45) is 5.92 Å².